The number of hydrogen-bond donors (Lipinski definition) is 1. The van der Waals surface area contributed by atoms with Crippen molar-refractivity contribution in [2.75, 3.05) is 13.1 Å². The van der Waals surface area contributed by atoms with Crippen LogP contribution in [0.4, 0.5) is 0 Å². The van der Waals surface area contributed by atoms with Gasteiger partial charge in [-0.15, -0.1) is 0 Å². The van der Waals surface area contributed by atoms with E-state index in [9.17, 15) is 14.7 Å². The minimum Gasteiger partial charge on any atom is -0.392 e. The van der Waals surface area contributed by atoms with Gasteiger partial charge in [0.1, 0.15) is 5.78 Å². The average Bonchev–Trinajstić information content (AvgIpc) is 2.19. The van der Waals surface area contributed by atoms with Gasteiger partial charge < -0.3 is 10.0 Å². The molecule has 0 aliphatic carbocycles. The third kappa shape index (κ3) is 5.85. The maximum atomic E-state index is 11.6. The predicted molar refractivity (Wildman–Crippen MR) is 63.1 cm³/mol. The van der Waals surface area contributed by atoms with Crippen molar-refractivity contribution in [2.24, 2.45) is 0 Å². The van der Waals surface area contributed by atoms with Crippen LogP contribution in [0.15, 0.2) is 0 Å². The van der Waals surface area contributed by atoms with Gasteiger partial charge in [-0.3, -0.25) is 9.59 Å². The van der Waals surface area contributed by atoms with Gasteiger partial charge in [0.2, 0.25) is 5.91 Å². The van der Waals surface area contributed by atoms with Gasteiger partial charge in [0.05, 0.1) is 12.5 Å². The molecule has 0 unspecified atom stereocenters. The van der Waals surface area contributed by atoms with Crippen molar-refractivity contribution in [3.8, 4) is 0 Å². The molecule has 94 valence electrons. The Labute approximate surface area is 97.6 Å². The summed E-state index contributed by atoms with van der Waals surface area (Å²) in [6.45, 7) is 7.01. The highest BCUT2D eigenvalue weighted by Gasteiger charge is 2.17. The van der Waals surface area contributed by atoms with Crippen LogP contribution in [0, 0.1) is 0 Å². The number of hydrogen-bond acceptors (Lipinski definition) is 3. The minimum atomic E-state index is -0.827. The third-order valence-corrected chi connectivity index (χ3v) is 2.52. The van der Waals surface area contributed by atoms with E-state index in [1.807, 2.05) is 20.8 Å². The van der Waals surface area contributed by atoms with Gasteiger partial charge in [-0.2, -0.15) is 0 Å². The molecule has 0 saturated heterocycles. The Kier molecular flexibility index (Phi) is 7.81. The second-order valence-corrected chi connectivity index (χ2v) is 3.92. The highest BCUT2D eigenvalue weighted by Crippen LogP contribution is 2.05. The number of amides is 1. The Morgan fingerprint density at radius 1 is 1.12 bits per heavy atom. The van der Waals surface area contributed by atoms with Crippen molar-refractivity contribution in [1.29, 1.82) is 0 Å². The van der Waals surface area contributed by atoms with Gasteiger partial charge in [0, 0.05) is 25.9 Å². The molecular formula is C12H23NO3. The predicted octanol–water partition coefficient (Wildman–Crippen LogP) is 1.37. The van der Waals surface area contributed by atoms with Crippen LogP contribution >= 0.6 is 0 Å². The molecule has 0 rings (SSSR count). The second-order valence-electron chi connectivity index (χ2n) is 3.92. The van der Waals surface area contributed by atoms with Gasteiger partial charge >= 0.3 is 0 Å². The van der Waals surface area contributed by atoms with E-state index in [1.54, 1.807) is 4.90 Å². The largest absolute Gasteiger partial charge is 0.392 e. The van der Waals surface area contributed by atoms with Crippen molar-refractivity contribution in [3.05, 3.63) is 0 Å². The topological polar surface area (TPSA) is 57.6 Å². The fraction of sp³-hybridized carbons (Fsp3) is 0.833. The normalized spacial score (nSPS) is 12.2. The van der Waals surface area contributed by atoms with Crippen LogP contribution in [-0.2, 0) is 9.59 Å². The molecule has 1 amide bonds. The quantitative estimate of drug-likeness (QED) is 0.684. The van der Waals surface area contributed by atoms with Crippen molar-refractivity contribution < 1.29 is 14.7 Å². The maximum Gasteiger partial charge on any atom is 0.225 e. The molecular weight excluding hydrogens is 206 g/mol. The summed E-state index contributed by atoms with van der Waals surface area (Å²) in [5.74, 6) is -0.0517. The summed E-state index contributed by atoms with van der Waals surface area (Å²) in [6.07, 6.45) is 0.594. The zero-order chi connectivity index (χ0) is 12.6. The molecule has 0 aliphatic rings. The molecule has 0 heterocycles. The number of ketones is 1. The number of Topliss-reactive ketones (excluding diaryl/α,β-unsaturated/α-hetero) is 1. The Balaban J connectivity index is 3.99. The summed E-state index contributed by atoms with van der Waals surface area (Å²) < 4.78 is 0. The molecule has 0 aromatic heterocycles. The summed E-state index contributed by atoms with van der Waals surface area (Å²) >= 11 is 0. The van der Waals surface area contributed by atoms with Crippen LogP contribution in [0.2, 0.25) is 0 Å². The molecule has 0 spiro atoms. The molecule has 1 N–H and O–H groups in total. The van der Waals surface area contributed by atoms with E-state index in [2.05, 4.69) is 0 Å². The van der Waals surface area contributed by atoms with Crippen molar-refractivity contribution in [1.82, 2.24) is 4.90 Å². The first kappa shape index (κ1) is 15.1. The molecule has 4 heteroatoms. The number of nitrogens with zero attached hydrogens (tertiary/aromatic N) is 1. The molecule has 0 radical (unpaired) electrons. The first-order chi connectivity index (χ1) is 7.54. The van der Waals surface area contributed by atoms with E-state index in [0.29, 0.717) is 19.5 Å². The SMILES string of the molecule is CCCC(=O)C[C@H](O)CC(=O)N(CC)CC. The smallest absolute Gasteiger partial charge is 0.225 e. The minimum absolute atomic E-state index is 0.0300. The average molecular weight is 229 g/mol. The van der Waals surface area contributed by atoms with Crippen molar-refractivity contribution in [3.63, 3.8) is 0 Å². The Morgan fingerprint density at radius 3 is 2.12 bits per heavy atom. The van der Waals surface area contributed by atoms with Gasteiger partial charge in [-0.1, -0.05) is 6.92 Å². The zero-order valence-corrected chi connectivity index (χ0v) is 10.5. The Hall–Kier alpha value is -0.900. The number of carbonyl (C=O) groups excluding carboxylic acids is 2. The van der Waals surface area contributed by atoms with Crippen LogP contribution < -0.4 is 0 Å². The molecule has 0 fully saturated rings. The van der Waals surface area contributed by atoms with Gasteiger partial charge in [0.15, 0.2) is 0 Å². The summed E-state index contributed by atoms with van der Waals surface area (Å²) in [5, 5.41) is 9.59. The lowest BCUT2D eigenvalue weighted by Gasteiger charge is -2.20. The number of carbonyl (C=O) groups is 2. The van der Waals surface area contributed by atoms with E-state index in [4.69, 9.17) is 0 Å². The fourth-order valence-corrected chi connectivity index (χ4v) is 1.62. The van der Waals surface area contributed by atoms with Crippen LogP contribution in [0.5, 0.6) is 0 Å². The fourth-order valence-electron chi connectivity index (χ4n) is 1.62. The molecule has 0 aromatic carbocycles. The van der Waals surface area contributed by atoms with E-state index >= 15 is 0 Å². The maximum absolute atomic E-state index is 11.6. The number of aliphatic hydroxyl groups is 1. The first-order valence-corrected chi connectivity index (χ1v) is 6.02. The van der Waals surface area contributed by atoms with Crippen LogP contribution in [0.25, 0.3) is 0 Å². The van der Waals surface area contributed by atoms with E-state index in [1.165, 1.54) is 0 Å². The molecule has 1 atom stereocenters. The lowest BCUT2D eigenvalue weighted by Crippen LogP contribution is -2.33. The highest BCUT2D eigenvalue weighted by atomic mass is 16.3. The summed E-state index contributed by atoms with van der Waals surface area (Å²) in [5.41, 5.74) is 0. The second kappa shape index (κ2) is 8.28. The summed E-state index contributed by atoms with van der Waals surface area (Å²) in [7, 11) is 0. The molecule has 0 saturated carbocycles. The Morgan fingerprint density at radius 2 is 1.69 bits per heavy atom. The molecule has 0 bridgehead atoms. The molecule has 16 heavy (non-hydrogen) atoms. The van der Waals surface area contributed by atoms with Crippen molar-refractivity contribution in [2.45, 2.75) is 52.6 Å². The lowest BCUT2D eigenvalue weighted by molar-refractivity contribution is -0.133. The van der Waals surface area contributed by atoms with E-state index in [-0.39, 0.29) is 24.5 Å². The van der Waals surface area contributed by atoms with Gasteiger partial charge in [-0.25, -0.2) is 0 Å². The van der Waals surface area contributed by atoms with Gasteiger partial charge in [-0.05, 0) is 20.3 Å². The first-order valence-electron chi connectivity index (χ1n) is 6.02. The van der Waals surface area contributed by atoms with Crippen molar-refractivity contribution >= 4 is 11.7 Å². The van der Waals surface area contributed by atoms with E-state index < -0.39 is 6.10 Å². The standard InChI is InChI=1S/C12H23NO3/c1-4-7-10(14)8-11(15)9-12(16)13(5-2)6-3/h11,15H,4-9H2,1-3H3/t11-/m0/s1. The van der Waals surface area contributed by atoms with Crippen LogP contribution in [0.1, 0.15) is 46.5 Å². The lowest BCUT2D eigenvalue weighted by atomic mass is 10.1. The molecule has 0 aliphatic heterocycles. The third-order valence-electron chi connectivity index (χ3n) is 2.52. The molecule has 0 aromatic rings. The number of rotatable bonds is 8. The summed E-state index contributed by atoms with van der Waals surface area (Å²) in [6, 6.07) is 0. The van der Waals surface area contributed by atoms with E-state index in [0.717, 1.165) is 6.42 Å². The Bertz CT molecular complexity index is 224. The highest BCUT2D eigenvalue weighted by molar-refractivity contribution is 5.81. The van der Waals surface area contributed by atoms with Crippen LogP contribution in [-0.4, -0.2) is 40.9 Å². The molecule has 4 nitrogen and oxygen atoms in total. The number of aliphatic hydroxyl groups excluding tert-OH is 1. The monoisotopic (exact) mass is 229 g/mol. The summed E-state index contributed by atoms with van der Waals surface area (Å²) in [4.78, 5) is 24.5. The zero-order valence-electron chi connectivity index (χ0n) is 10.5. The van der Waals surface area contributed by atoms with Gasteiger partial charge in [0.25, 0.3) is 0 Å². The van der Waals surface area contributed by atoms with Crippen LogP contribution in [0.3, 0.4) is 0 Å².